The van der Waals surface area contributed by atoms with Gasteiger partial charge in [-0.15, -0.1) is 6.58 Å². The van der Waals surface area contributed by atoms with E-state index in [2.05, 4.69) is 128 Å². The minimum absolute atomic E-state index is 0.119. The quantitative estimate of drug-likeness (QED) is 0.300. The fraction of sp³-hybridized carbons (Fsp3) is 0.194. The normalized spacial score (nSPS) is 20.5. The topological polar surface area (TPSA) is 19.4 Å². The molecule has 2 aliphatic heterocycles. The fourth-order valence-corrected chi connectivity index (χ4v) is 5.83. The van der Waals surface area contributed by atoms with E-state index in [1.54, 1.807) is 0 Å². The number of para-hydroxylation sites is 2. The first kappa shape index (κ1) is 20.7. The summed E-state index contributed by atoms with van der Waals surface area (Å²) in [4.78, 5) is 10.3. The van der Waals surface area contributed by atoms with Gasteiger partial charge < -0.3 is 9.80 Å². The Morgan fingerprint density at radius 3 is 2.15 bits per heavy atom. The molecule has 0 N–H and O–H groups in total. The molecule has 1 aromatic heterocycles. The Kier molecular flexibility index (Phi) is 4.80. The van der Waals surface area contributed by atoms with Crippen molar-refractivity contribution in [1.29, 1.82) is 0 Å². The van der Waals surface area contributed by atoms with Crippen LogP contribution < -0.4 is 9.80 Å². The van der Waals surface area contributed by atoms with E-state index in [-0.39, 0.29) is 12.1 Å². The van der Waals surface area contributed by atoms with Gasteiger partial charge in [0.05, 0.1) is 11.4 Å². The van der Waals surface area contributed by atoms with E-state index in [0.29, 0.717) is 5.92 Å². The number of hydrogen-bond donors (Lipinski definition) is 0. The van der Waals surface area contributed by atoms with E-state index in [4.69, 9.17) is 4.98 Å². The van der Waals surface area contributed by atoms with Crippen molar-refractivity contribution in [3.8, 4) is 11.3 Å². The molecule has 34 heavy (non-hydrogen) atoms. The number of benzene rings is 3. The largest absolute Gasteiger partial charge is 0.316 e. The Morgan fingerprint density at radius 1 is 0.735 bits per heavy atom. The number of pyridine rings is 1. The maximum atomic E-state index is 5.32. The summed E-state index contributed by atoms with van der Waals surface area (Å²) in [6.45, 7) is 10.9. The van der Waals surface area contributed by atoms with Gasteiger partial charge in [0.25, 0.3) is 0 Å². The molecule has 2 aliphatic rings. The van der Waals surface area contributed by atoms with Crippen molar-refractivity contribution in [3.63, 3.8) is 0 Å². The van der Waals surface area contributed by atoms with Crippen LogP contribution in [-0.2, 0) is 0 Å². The van der Waals surface area contributed by atoms with Gasteiger partial charge in [-0.1, -0.05) is 73.7 Å². The lowest BCUT2D eigenvalue weighted by atomic mass is 9.80. The van der Waals surface area contributed by atoms with Crippen LogP contribution in [0.4, 0.5) is 22.9 Å². The van der Waals surface area contributed by atoms with Crippen molar-refractivity contribution >= 4 is 22.9 Å². The highest BCUT2D eigenvalue weighted by molar-refractivity contribution is 5.90. The molecule has 3 unspecified atom stereocenters. The zero-order valence-electron chi connectivity index (χ0n) is 19.9. The monoisotopic (exact) mass is 443 g/mol. The average molecular weight is 444 g/mol. The molecular formula is C31H29N3. The van der Waals surface area contributed by atoms with Crippen molar-refractivity contribution in [2.75, 3.05) is 9.80 Å². The molecule has 3 heteroatoms. The molecule has 168 valence electrons. The molecule has 0 aliphatic carbocycles. The summed E-state index contributed by atoms with van der Waals surface area (Å²) in [5, 5.41) is 0. The standard InChI is InChI=1S/C31H29N3/c1-5-23-22(4)31-33(27-16-10-7-13-21(27)3)29-19-18-26(24-14-8-6-12-20(24)2)32-30(29)34(31)28-17-11-9-15-25(23)28/h5-19,22-23,31H,1H2,2-4H3. The second-order valence-corrected chi connectivity index (χ2v) is 9.47. The number of fused-ring (bicyclic) bond motifs is 5. The summed E-state index contributed by atoms with van der Waals surface area (Å²) in [6, 6.07) is 30.3. The molecule has 0 amide bonds. The van der Waals surface area contributed by atoms with E-state index in [1.165, 1.54) is 33.6 Å². The zero-order chi connectivity index (χ0) is 23.4. The van der Waals surface area contributed by atoms with E-state index in [9.17, 15) is 0 Å². The number of anilines is 4. The van der Waals surface area contributed by atoms with Crippen LogP contribution in [-0.4, -0.2) is 11.1 Å². The van der Waals surface area contributed by atoms with E-state index >= 15 is 0 Å². The summed E-state index contributed by atoms with van der Waals surface area (Å²) in [5.74, 6) is 1.62. The van der Waals surface area contributed by atoms with E-state index < -0.39 is 0 Å². The van der Waals surface area contributed by atoms with Crippen LogP contribution >= 0.6 is 0 Å². The lowest BCUT2D eigenvalue weighted by molar-refractivity contribution is 0.409. The van der Waals surface area contributed by atoms with Crippen molar-refractivity contribution in [1.82, 2.24) is 4.98 Å². The highest BCUT2D eigenvalue weighted by Crippen LogP contribution is 2.56. The number of aryl methyl sites for hydroxylation is 2. The summed E-state index contributed by atoms with van der Waals surface area (Å²) in [6.07, 6.45) is 2.24. The van der Waals surface area contributed by atoms with Crippen molar-refractivity contribution < 1.29 is 0 Å². The van der Waals surface area contributed by atoms with Gasteiger partial charge in [0.2, 0.25) is 0 Å². The van der Waals surface area contributed by atoms with Gasteiger partial charge in [-0.2, -0.15) is 0 Å². The van der Waals surface area contributed by atoms with Gasteiger partial charge in [-0.05, 0) is 54.8 Å². The predicted octanol–water partition coefficient (Wildman–Crippen LogP) is 7.90. The molecule has 3 heterocycles. The third-order valence-corrected chi connectivity index (χ3v) is 7.51. The SMILES string of the molecule is C=CC1c2ccccc2N2c3nc(-c4ccccc4C)ccc3N(c3ccccc3C)C2C1C. The van der Waals surface area contributed by atoms with Gasteiger partial charge in [-0.3, -0.25) is 0 Å². The van der Waals surface area contributed by atoms with Crippen LogP contribution in [0.25, 0.3) is 11.3 Å². The molecular weight excluding hydrogens is 414 g/mol. The minimum Gasteiger partial charge on any atom is -0.316 e. The number of aromatic nitrogens is 1. The maximum Gasteiger partial charge on any atom is 0.159 e. The van der Waals surface area contributed by atoms with Gasteiger partial charge in [0, 0.05) is 28.8 Å². The van der Waals surface area contributed by atoms with Crippen molar-refractivity contribution in [3.05, 3.63) is 114 Å². The summed E-state index contributed by atoms with van der Waals surface area (Å²) >= 11 is 0. The lowest BCUT2D eigenvalue weighted by Crippen LogP contribution is -2.48. The first-order chi connectivity index (χ1) is 16.6. The van der Waals surface area contributed by atoms with Gasteiger partial charge in [0.15, 0.2) is 5.82 Å². The molecule has 0 bridgehead atoms. The molecule has 3 atom stereocenters. The van der Waals surface area contributed by atoms with Crippen LogP contribution in [0.3, 0.4) is 0 Å². The first-order valence-electron chi connectivity index (χ1n) is 12.0. The molecule has 0 radical (unpaired) electrons. The fourth-order valence-electron chi connectivity index (χ4n) is 5.83. The Hall–Kier alpha value is -3.85. The highest BCUT2D eigenvalue weighted by Gasteiger charge is 2.48. The Bertz CT molecular complexity index is 1410. The van der Waals surface area contributed by atoms with Crippen LogP contribution in [0.5, 0.6) is 0 Å². The number of allylic oxidation sites excluding steroid dienone is 1. The third-order valence-electron chi connectivity index (χ3n) is 7.51. The third kappa shape index (κ3) is 2.93. The smallest absolute Gasteiger partial charge is 0.159 e. The highest BCUT2D eigenvalue weighted by atomic mass is 15.5. The molecule has 0 spiro atoms. The number of nitrogens with zero attached hydrogens (tertiary/aromatic N) is 3. The summed E-state index contributed by atoms with van der Waals surface area (Å²) in [5.41, 5.74) is 9.62. The summed E-state index contributed by atoms with van der Waals surface area (Å²) < 4.78 is 0. The van der Waals surface area contributed by atoms with E-state index in [1.807, 2.05) is 0 Å². The number of rotatable bonds is 3. The zero-order valence-corrected chi connectivity index (χ0v) is 19.9. The first-order valence-corrected chi connectivity index (χ1v) is 12.0. The minimum atomic E-state index is 0.119. The Balaban J connectivity index is 1.63. The second-order valence-electron chi connectivity index (χ2n) is 9.47. The molecule has 4 aromatic rings. The maximum absolute atomic E-state index is 5.32. The van der Waals surface area contributed by atoms with Crippen LogP contribution in [0, 0.1) is 19.8 Å². The average Bonchev–Trinajstić information content (AvgIpc) is 3.20. The van der Waals surface area contributed by atoms with Gasteiger partial charge in [0.1, 0.15) is 6.17 Å². The second kappa shape index (κ2) is 7.88. The van der Waals surface area contributed by atoms with Gasteiger partial charge >= 0.3 is 0 Å². The molecule has 3 nitrogen and oxygen atoms in total. The summed E-state index contributed by atoms with van der Waals surface area (Å²) in [7, 11) is 0. The lowest BCUT2D eigenvalue weighted by Gasteiger charge is -2.45. The van der Waals surface area contributed by atoms with Crippen LogP contribution in [0.1, 0.15) is 29.5 Å². The van der Waals surface area contributed by atoms with Crippen molar-refractivity contribution in [2.24, 2.45) is 5.92 Å². The molecule has 6 rings (SSSR count). The van der Waals surface area contributed by atoms with E-state index in [0.717, 1.165) is 17.2 Å². The molecule has 3 aromatic carbocycles. The Morgan fingerprint density at radius 2 is 1.41 bits per heavy atom. The number of hydrogen-bond acceptors (Lipinski definition) is 3. The molecule has 0 saturated heterocycles. The predicted molar refractivity (Wildman–Crippen MR) is 142 cm³/mol. The molecule has 0 fully saturated rings. The van der Waals surface area contributed by atoms with Crippen LogP contribution in [0.2, 0.25) is 0 Å². The Labute approximate surface area is 202 Å². The van der Waals surface area contributed by atoms with Crippen molar-refractivity contribution in [2.45, 2.75) is 32.9 Å². The van der Waals surface area contributed by atoms with Gasteiger partial charge in [-0.25, -0.2) is 4.98 Å². The van der Waals surface area contributed by atoms with Crippen LogP contribution in [0.15, 0.2) is 97.6 Å². The molecule has 0 saturated carbocycles.